The van der Waals surface area contributed by atoms with Gasteiger partial charge in [-0.05, 0) is 56.2 Å². The van der Waals surface area contributed by atoms with E-state index in [1.807, 2.05) is 13.0 Å². The Morgan fingerprint density at radius 1 is 1.29 bits per heavy atom. The van der Waals surface area contributed by atoms with Crippen LogP contribution in [0.1, 0.15) is 41.7 Å². The molecule has 9 heteroatoms. The van der Waals surface area contributed by atoms with Crippen LogP contribution in [0.15, 0.2) is 18.3 Å². The highest BCUT2D eigenvalue weighted by Crippen LogP contribution is 2.41. The largest absolute Gasteiger partial charge is 0.483 e. The number of aryl methyl sites for hydroxylation is 1. The second-order valence-corrected chi connectivity index (χ2v) is 8.81. The van der Waals surface area contributed by atoms with E-state index >= 15 is 0 Å². The van der Waals surface area contributed by atoms with Crippen LogP contribution in [0.5, 0.6) is 0 Å². The molecule has 3 aliphatic heterocycles. The lowest BCUT2D eigenvalue weighted by atomic mass is 9.72. The predicted molar refractivity (Wildman–Crippen MR) is 111 cm³/mol. The molecule has 0 saturated carbocycles. The number of likely N-dealkylation sites (tertiary alicyclic amines) is 1. The summed E-state index contributed by atoms with van der Waals surface area (Å²) in [5.74, 6) is -0.274. The van der Waals surface area contributed by atoms with E-state index in [1.54, 1.807) is 17.2 Å². The molecule has 4 atom stereocenters. The highest BCUT2D eigenvalue weighted by atomic mass is 19.1. The number of imidazole rings is 1. The van der Waals surface area contributed by atoms with Crippen molar-refractivity contribution >= 4 is 18.0 Å². The Balaban J connectivity index is 0.000000730. The van der Waals surface area contributed by atoms with Crippen molar-refractivity contribution in [2.75, 3.05) is 26.2 Å². The van der Waals surface area contributed by atoms with Gasteiger partial charge in [0.05, 0.1) is 6.61 Å². The third-order valence-corrected chi connectivity index (χ3v) is 7.01. The van der Waals surface area contributed by atoms with E-state index in [0.717, 1.165) is 24.9 Å². The van der Waals surface area contributed by atoms with Crippen LogP contribution < -0.4 is 0 Å². The highest BCUT2D eigenvalue weighted by molar-refractivity contribution is 5.93. The number of halogens is 1. The molecule has 0 aromatic carbocycles. The van der Waals surface area contributed by atoms with Crippen molar-refractivity contribution in [1.82, 2.24) is 19.2 Å². The van der Waals surface area contributed by atoms with Crippen LogP contribution in [0.2, 0.25) is 0 Å². The molecule has 2 N–H and O–H groups in total. The Labute approximate surface area is 180 Å². The Morgan fingerprint density at radius 3 is 2.77 bits per heavy atom. The molecule has 5 rings (SSSR count). The van der Waals surface area contributed by atoms with E-state index in [1.165, 1.54) is 17.2 Å². The van der Waals surface area contributed by atoms with Crippen LogP contribution in [0.25, 0.3) is 5.65 Å². The molecule has 3 fully saturated rings. The first-order chi connectivity index (χ1) is 15.0. The molecule has 8 nitrogen and oxygen atoms in total. The van der Waals surface area contributed by atoms with Crippen LogP contribution in [-0.2, 0) is 4.79 Å². The Bertz CT molecular complexity index is 950. The van der Waals surface area contributed by atoms with Gasteiger partial charge in [-0.25, -0.2) is 4.98 Å². The Hall–Kier alpha value is -2.52. The number of hydrogen-bond donors (Lipinski definition) is 2. The number of fused-ring (bicyclic) bond motifs is 5. The zero-order valence-electron chi connectivity index (χ0n) is 17.7. The van der Waals surface area contributed by atoms with Crippen molar-refractivity contribution in [3.05, 3.63) is 35.5 Å². The molecular weight excluding hydrogens is 403 g/mol. The van der Waals surface area contributed by atoms with Crippen LogP contribution in [-0.4, -0.2) is 80.1 Å². The molecule has 0 unspecified atom stereocenters. The maximum Gasteiger partial charge on any atom is 0.290 e. The summed E-state index contributed by atoms with van der Waals surface area (Å²) in [4.78, 5) is 30.1. The summed E-state index contributed by atoms with van der Waals surface area (Å²) in [6, 6.07) is 4.13. The van der Waals surface area contributed by atoms with Gasteiger partial charge in [0, 0.05) is 31.4 Å². The fourth-order valence-electron chi connectivity index (χ4n) is 5.73. The number of hydrogen-bond acceptors (Lipinski definition) is 5. The molecule has 0 spiro atoms. The number of piperidine rings is 3. The standard InChI is InChI=1S/C21H27FN4O2.CH2O2/c1-13-5-6-18-23-19(20(22)26(18)9-13)21(28)24-10-14-8-15(11-24)17(12-27)25-7-3-2-4-16(14)25;2-1-3/h5-6,9,14-17,27H,2-4,7-8,10-12H2,1H3;1H,(H,2,3)/t14-,15+,16+,17+;/m1./s1. The van der Waals surface area contributed by atoms with E-state index in [4.69, 9.17) is 9.90 Å². The van der Waals surface area contributed by atoms with E-state index < -0.39 is 5.95 Å². The van der Waals surface area contributed by atoms with E-state index in [0.29, 0.717) is 30.7 Å². The number of rotatable bonds is 2. The third kappa shape index (κ3) is 3.92. The van der Waals surface area contributed by atoms with Gasteiger partial charge in [-0.15, -0.1) is 0 Å². The molecule has 2 aromatic heterocycles. The van der Waals surface area contributed by atoms with Gasteiger partial charge in [-0.3, -0.25) is 18.9 Å². The summed E-state index contributed by atoms with van der Waals surface area (Å²) in [5, 5.41) is 16.9. The second-order valence-electron chi connectivity index (χ2n) is 8.81. The van der Waals surface area contributed by atoms with Crippen molar-refractivity contribution in [3.8, 4) is 0 Å². The first-order valence-corrected chi connectivity index (χ1v) is 10.9. The van der Waals surface area contributed by atoms with Gasteiger partial charge in [0.25, 0.3) is 12.4 Å². The normalized spacial score (nSPS) is 27.9. The summed E-state index contributed by atoms with van der Waals surface area (Å²) >= 11 is 0. The fourth-order valence-corrected chi connectivity index (χ4v) is 5.73. The number of aliphatic hydroxyl groups excluding tert-OH is 1. The number of aromatic nitrogens is 2. The maximum atomic E-state index is 14.9. The van der Waals surface area contributed by atoms with Crippen molar-refractivity contribution in [3.63, 3.8) is 0 Å². The number of carbonyl (C=O) groups is 2. The summed E-state index contributed by atoms with van der Waals surface area (Å²) < 4.78 is 16.3. The number of aliphatic hydroxyl groups is 1. The lowest BCUT2D eigenvalue weighted by Gasteiger charge is -2.56. The molecule has 0 radical (unpaired) electrons. The summed E-state index contributed by atoms with van der Waals surface area (Å²) in [6.07, 6.45) is 6.22. The lowest BCUT2D eigenvalue weighted by molar-refractivity contribution is -0.122. The fraction of sp³-hybridized carbons (Fsp3) is 0.591. The molecule has 5 heterocycles. The molecule has 31 heavy (non-hydrogen) atoms. The number of carboxylic acid groups (broad SMARTS) is 1. The zero-order chi connectivity index (χ0) is 22.1. The average Bonchev–Trinajstić information content (AvgIpc) is 3.10. The first kappa shape index (κ1) is 21.7. The predicted octanol–water partition coefficient (Wildman–Crippen LogP) is 1.79. The van der Waals surface area contributed by atoms with Gasteiger partial charge in [0.15, 0.2) is 5.69 Å². The topological polar surface area (TPSA) is 98.4 Å². The second kappa shape index (κ2) is 8.92. The van der Waals surface area contributed by atoms with Crippen molar-refractivity contribution in [1.29, 1.82) is 0 Å². The molecule has 2 aromatic rings. The Kier molecular flexibility index (Phi) is 6.24. The van der Waals surface area contributed by atoms with Crippen molar-refractivity contribution < 1.29 is 24.2 Å². The van der Waals surface area contributed by atoms with Crippen molar-refractivity contribution in [2.45, 2.75) is 44.7 Å². The molecule has 168 valence electrons. The van der Waals surface area contributed by atoms with Gasteiger partial charge in [0.2, 0.25) is 5.95 Å². The minimum Gasteiger partial charge on any atom is -0.483 e. The molecular formula is C22H29FN4O4. The number of amides is 1. The molecule has 1 amide bonds. The van der Waals surface area contributed by atoms with Gasteiger partial charge >= 0.3 is 0 Å². The van der Waals surface area contributed by atoms with Gasteiger partial charge in [-0.1, -0.05) is 12.5 Å². The van der Waals surface area contributed by atoms with E-state index in [9.17, 15) is 14.3 Å². The third-order valence-electron chi connectivity index (χ3n) is 7.01. The number of carbonyl (C=O) groups excluding carboxylic acids is 1. The maximum absolute atomic E-state index is 14.9. The summed E-state index contributed by atoms with van der Waals surface area (Å²) in [7, 11) is 0. The van der Waals surface area contributed by atoms with Crippen LogP contribution in [0.3, 0.4) is 0 Å². The van der Waals surface area contributed by atoms with Crippen LogP contribution >= 0.6 is 0 Å². The smallest absolute Gasteiger partial charge is 0.290 e. The molecule has 2 bridgehead atoms. The Morgan fingerprint density at radius 2 is 2.03 bits per heavy atom. The van der Waals surface area contributed by atoms with E-state index in [-0.39, 0.29) is 36.6 Å². The number of nitrogens with zero attached hydrogens (tertiary/aromatic N) is 4. The first-order valence-electron chi connectivity index (χ1n) is 10.9. The van der Waals surface area contributed by atoms with Crippen LogP contribution in [0.4, 0.5) is 4.39 Å². The minimum absolute atomic E-state index is 0.0911. The van der Waals surface area contributed by atoms with Crippen LogP contribution in [0, 0.1) is 24.7 Å². The molecule has 3 aliphatic rings. The minimum atomic E-state index is -0.586. The monoisotopic (exact) mass is 432 g/mol. The van der Waals surface area contributed by atoms with Gasteiger partial charge in [0.1, 0.15) is 5.65 Å². The summed E-state index contributed by atoms with van der Waals surface area (Å²) in [5.41, 5.74) is 1.28. The van der Waals surface area contributed by atoms with Gasteiger partial charge in [-0.2, -0.15) is 4.39 Å². The molecule has 0 aliphatic carbocycles. The highest BCUT2D eigenvalue weighted by Gasteiger charge is 2.48. The SMILES string of the molecule is Cc1ccc2nc(C(=O)N3C[C@H]4C[C@@H](C3)[C@H](CO)N3CCCC[C@@H]43)c(F)n2c1.O=CO. The van der Waals surface area contributed by atoms with E-state index in [2.05, 4.69) is 9.88 Å². The summed E-state index contributed by atoms with van der Waals surface area (Å²) in [6.45, 7) is 4.02. The lowest BCUT2D eigenvalue weighted by Crippen LogP contribution is -2.65. The zero-order valence-corrected chi connectivity index (χ0v) is 17.7. The molecule has 3 saturated heterocycles. The van der Waals surface area contributed by atoms with Crippen molar-refractivity contribution in [2.24, 2.45) is 11.8 Å². The quantitative estimate of drug-likeness (QED) is 0.702. The van der Waals surface area contributed by atoms with Gasteiger partial charge < -0.3 is 15.1 Å². The number of pyridine rings is 1. The average molecular weight is 432 g/mol.